The van der Waals surface area contributed by atoms with Gasteiger partial charge in [-0.25, -0.2) is 9.78 Å². The van der Waals surface area contributed by atoms with Gasteiger partial charge in [0.2, 0.25) is 0 Å². The Labute approximate surface area is 151 Å². The largest absolute Gasteiger partial charge is 0.332 e. The lowest BCUT2D eigenvalue weighted by atomic mass is 10.4. The van der Waals surface area contributed by atoms with Crippen LogP contribution in [0.25, 0.3) is 11.2 Å². The number of fused-ring (bicyclic) bond motifs is 1. The quantitative estimate of drug-likeness (QED) is 0.480. The van der Waals surface area contributed by atoms with Crippen LogP contribution in [0.1, 0.15) is 6.42 Å². The summed E-state index contributed by atoms with van der Waals surface area (Å²) in [6, 6.07) is 8.00. The zero-order chi connectivity index (χ0) is 17.3. The molecule has 3 aromatic rings. The van der Waals surface area contributed by atoms with Gasteiger partial charge in [0, 0.05) is 30.0 Å². The second-order valence-electron chi connectivity index (χ2n) is 5.46. The Balaban J connectivity index is 1.79. The third-order valence-electron chi connectivity index (χ3n) is 3.82. The average molecular weight is 409 g/mol. The van der Waals surface area contributed by atoms with Crippen LogP contribution >= 0.6 is 27.7 Å². The summed E-state index contributed by atoms with van der Waals surface area (Å²) in [7, 11) is 3.40. The van der Waals surface area contributed by atoms with Crippen LogP contribution in [0, 0.1) is 0 Å². The number of aryl methyl sites for hydroxylation is 2. The highest BCUT2D eigenvalue weighted by atomic mass is 79.9. The first-order valence-corrected chi connectivity index (χ1v) is 9.26. The Morgan fingerprint density at radius 1 is 1.21 bits per heavy atom. The molecule has 2 heterocycles. The van der Waals surface area contributed by atoms with E-state index in [1.807, 2.05) is 24.3 Å². The van der Waals surface area contributed by atoms with Crippen molar-refractivity contribution in [2.45, 2.75) is 17.9 Å². The fourth-order valence-corrected chi connectivity index (χ4v) is 4.06. The SMILES string of the molecule is Cn1cnc2c1c(=O)n(CCCSc1ccccc1Br)c(=O)n2C. The summed E-state index contributed by atoms with van der Waals surface area (Å²) in [6.07, 6.45) is 2.28. The van der Waals surface area contributed by atoms with E-state index in [2.05, 4.69) is 20.9 Å². The van der Waals surface area contributed by atoms with Crippen molar-refractivity contribution in [2.75, 3.05) is 5.75 Å². The average Bonchev–Trinajstić information content (AvgIpc) is 2.95. The Morgan fingerprint density at radius 3 is 2.71 bits per heavy atom. The molecule has 0 bridgehead atoms. The van der Waals surface area contributed by atoms with Gasteiger partial charge >= 0.3 is 5.69 Å². The van der Waals surface area contributed by atoms with Gasteiger partial charge in [0.1, 0.15) is 0 Å². The number of rotatable bonds is 5. The normalized spacial score (nSPS) is 11.3. The van der Waals surface area contributed by atoms with E-state index < -0.39 is 0 Å². The van der Waals surface area contributed by atoms with Crippen LogP contribution in [0.2, 0.25) is 0 Å². The van der Waals surface area contributed by atoms with Crippen molar-refractivity contribution in [1.82, 2.24) is 18.7 Å². The maximum absolute atomic E-state index is 12.6. The molecule has 6 nitrogen and oxygen atoms in total. The number of halogens is 1. The van der Waals surface area contributed by atoms with Gasteiger partial charge in [0.05, 0.1) is 6.33 Å². The first-order chi connectivity index (χ1) is 11.5. The molecule has 0 fully saturated rings. The standard InChI is InChI=1S/C16H17BrN4O2S/c1-19-10-18-14-13(19)15(22)21(16(23)20(14)2)8-5-9-24-12-7-4-3-6-11(12)17/h3-4,6-7,10H,5,8-9H2,1-2H3. The van der Waals surface area contributed by atoms with E-state index in [1.54, 1.807) is 36.8 Å². The highest BCUT2D eigenvalue weighted by molar-refractivity contribution is 9.10. The van der Waals surface area contributed by atoms with E-state index in [4.69, 9.17) is 0 Å². The van der Waals surface area contributed by atoms with Crippen molar-refractivity contribution in [3.05, 3.63) is 55.9 Å². The van der Waals surface area contributed by atoms with E-state index >= 15 is 0 Å². The molecule has 126 valence electrons. The molecule has 0 atom stereocenters. The molecule has 1 aromatic carbocycles. The minimum absolute atomic E-state index is 0.279. The van der Waals surface area contributed by atoms with Crippen LogP contribution in [-0.4, -0.2) is 24.4 Å². The summed E-state index contributed by atoms with van der Waals surface area (Å²) in [5, 5.41) is 0. The van der Waals surface area contributed by atoms with Crippen LogP contribution < -0.4 is 11.2 Å². The third-order valence-corrected chi connectivity index (χ3v) is 5.94. The van der Waals surface area contributed by atoms with Crippen molar-refractivity contribution in [2.24, 2.45) is 14.1 Å². The second-order valence-corrected chi connectivity index (χ2v) is 7.45. The van der Waals surface area contributed by atoms with Crippen LogP contribution in [0.15, 0.2) is 49.6 Å². The molecular weight excluding hydrogens is 392 g/mol. The number of thioether (sulfide) groups is 1. The van der Waals surface area contributed by atoms with Crippen LogP contribution in [0.4, 0.5) is 0 Å². The van der Waals surface area contributed by atoms with Gasteiger partial charge in [-0.3, -0.25) is 13.9 Å². The van der Waals surface area contributed by atoms with Crippen molar-refractivity contribution in [3.8, 4) is 0 Å². The Hall–Kier alpha value is -1.80. The molecule has 2 aromatic heterocycles. The molecule has 0 radical (unpaired) electrons. The van der Waals surface area contributed by atoms with Gasteiger partial charge in [-0.15, -0.1) is 11.8 Å². The summed E-state index contributed by atoms with van der Waals surface area (Å²) < 4.78 is 5.44. The van der Waals surface area contributed by atoms with Crippen molar-refractivity contribution in [1.29, 1.82) is 0 Å². The number of benzene rings is 1. The zero-order valence-electron chi connectivity index (χ0n) is 13.4. The number of hydrogen-bond acceptors (Lipinski definition) is 4. The van der Waals surface area contributed by atoms with E-state index in [9.17, 15) is 9.59 Å². The van der Waals surface area contributed by atoms with Crippen molar-refractivity contribution < 1.29 is 0 Å². The molecule has 8 heteroatoms. The van der Waals surface area contributed by atoms with Gasteiger partial charge in [0.25, 0.3) is 5.56 Å². The lowest BCUT2D eigenvalue weighted by Crippen LogP contribution is -2.39. The van der Waals surface area contributed by atoms with E-state index in [-0.39, 0.29) is 11.2 Å². The second kappa shape index (κ2) is 6.98. The molecule has 0 aliphatic carbocycles. The molecule has 0 amide bonds. The fourth-order valence-electron chi connectivity index (χ4n) is 2.56. The number of hydrogen-bond donors (Lipinski definition) is 0. The molecule has 3 rings (SSSR count). The van der Waals surface area contributed by atoms with E-state index in [0.29, 0.717) is 17.7 Å². The molecule has 24 heavy (non-hydrogen) atoms. The van der Waals surface area contributed by atoms with Crippen molar-refractivity contribution >= 4 is 38.9 Å². The lowest BCUT2D eigenvalue weighted by Gasteiger charge is -2.09. The molecule has 0 unspecified atom stereocenters. The first kappa shape index (κ1) is 17.0. The topological polar surface area (TPSA) is 61.8 Å². The molecule has 0 aliphatic heterocycles. The molecule has 0 aliphatic rings. The monoisotopic (exact) mass is 408 g/mol. The molecule has 0 saturated carbocycles. The zero-order valence-corrected chi connectivity index (χ0v) is 15.8. The number of imidazole rings is 1. The molecule has 0 N–H and O–H groups in total. The van der Waals surface area contributed by atoms with Gasteiger partial charge in [-0.1, -0.05) is 12.1 Å². The molecule has 0 saturated heterocycles. The van der Waals surface area contributed by atoms with Gasteiger partial charge in [0.15, 0.2) is 11.2 Å². The first-order valence-electron chi connectivity index (χ1n) is 7.49. The van der Waals surface area contributed by atoms with E-state index in [1.165, 1.54) is 9.13 Å². The predicted molar refractivity (Wildman–Crippen MR) is 99.7 cm³/mol. The fraction of sp³-hybridized carbons (Fsp3) is 0.312. The summed E-state index contributed by atoms with van der Waals surface area (Å²) in [5.74, 6) is 0.821. The maximum Gasteiger partial charge on any atom is 0.332 e. The minimum Gasteiger partial charge on any atom is -0.328 e. The van der Waals surface area contributed by atoms with Crippen LogP contribution in [0.5, 0.6) is 0 Å². The smallest absolute Gasteiger partial charge is 0.328 e. The summed E-state index contributed by atoms with van der Waals surface area (Å²) in [6.45, 7) is 0.393. The Morgan fingerprint density at radius 2 is 1.96 bits per heavy atom. The maximum atomic E-state index is 12.6. The number of aromatic nitrogens is 4. The number of nitrogens with zero attached hydrogens (tertiary/aromatic N) is 4. The van der Waals surface area contributed by atoms with Crippen molar-refractivity contribution in [3.63, 3.8) is 0 Å². The van der Waals surface area contributed by atoms with Crippen LogP contribution in [0.3, 0.4) is 0 Å². The lowest BCUT2D eigenvalue weighted by molar-refractivity contribution is 0.594. The highest BCUT2D eigenvalue weighted by Crippen LogP contribution is 2.27. The molecular formula is C16H17BrN4O2S. The minimum atomic E-state index is -0.322. The van der Waals surface area contributed by atoms with Gasteiger partial charge < -0.3 is 4.57 Å². The Bertz CT molecular complexity index is 1010. The third kappa shape index (κ3) is 3.08. The highest BCUT2D eigenvalue weighted by Gasteiger charge is 2.14. The Kier molecular flexibility index (Phi) is 4.96. The predicted octanol–water partition coefficient (Wildman–Crippen LogP) is 2.38. The van der Waals surface area contributed by atoms with Crippen LogP contribution in [-0.2, 0) is 20.6 Å². The van der Waals surface area contributed by atoms with E-state index in [0.717, 1.165) is 21.5 Å². The summed E-state index contributed by atoms with van der Waals surface area (Å²) >= 11 is 5.22. The van der Waals surface area contributed by atoms with Gasteiger partial charge in [-0.2, -0.15) is 0 Å². The molecule has 0 spiro atoms. The summed E-state index contributed by atoms with van der Waals surface area (Å²) in [5.41, 5.74) is 0.276. The van der Waals surface area contributed by atoms with Gasteiger partial charge in [-0.05, 0) is 40.2 Å². The summed E-state index contributed by atoms with van der Waals surface area (Å²) in [4.78, 5) is 30.3.